The number of nitrogens with zero attached hydrogens (tertiary/aromatic N) is 4. The van der Waals surface area contributed by atoms with Gasteiger partial charge in [0.1, 0.15) is 0 Å². The number of esters is 1. The van der Waals surface area contributed by atoms with E-state index in [0.717, 1.165) is 50.5 Å². The lowest BCUT2D eigenvalue weighted by atomic mass is 10.2. The zero-order valence-corrected chi connectivity index (χ0v) is 13.9. The quantitative estimate of drug-likeness (QED) is 0.832. The first-order chi connectivity index (χ1) is 11.8. The van der Waals surface area contributed by atoms with E-state index < -0.39 is 0 Å². The summed E-state index contributed by atoms with van der Waals surface area (Å²) >= 11 is 0. The third kappa shape index (κ3) is 3.98. The molecule has 7 heteroatoms. The van der Waals surface area contributed by atoms with Crippen molar-refractivity contribution >= 4 is 5.97 Å². The molecule has 2 aromatic rings. The minimum Gasteiger partial charge on any atom is -0.462 e. The van der Waals surface area contributed by atoms with Crippen LogP contribution in [0.25, 0.3) is 5.69 Å². The zero-order valence-electron chi connectivity index (χ0n) is 13.9. The molecule has 0 unspecified atom stereocenters. The number of aromatic nitrogens is 3. The van der Waals surface area contributed by atoms with Crippen LogP contribution < -0.4 is 5.32 Å². The Morgan fingerprint density at radius 1 is 1.25 bits per heavy atom. The van der Waals surface area contributed by atoms with E-state index in [0.29, 0.717) is 12.2 Å². The molecule has 1 aliphatic rings. The molecular formula is C17H23N5O2. The first kappa shape index (κ1) is 16.6. The number of carbonyl (C=O) groups excluding carboxylic acids is 1. The van der Waals surface area contributed by atoms with E-state index in [1.807, 2.05) is 16.8 Å². The first-order valence-corrected chi connectivity index (χ1v) is 8.38. The Balaban J connectivity index is 1.73. The smallest absolute Gasteiger partial charge is 0.338 e. The summed E-state index contributed by atoms with van der Waals surface area (Å²) < 4.78 is 6.83. The van der Waals surface area contributed by atoms with Crippen molar-refractivity contribution < 1.29 is 9.53 Å². The highest BCUT2D eigenvalue weighted by Crippen LogP contribution is 2.14. The van der Waals surface area contributed by atoms with Crippen LogP contribution in [0.4, 0.5) is 0 Å². The van der Waals surface area contributed by atoms with E-state index in [1.54, 1.807) is 25.3 Å². The lowest BCUT2D eigenvalue weighted by Crippen LogP contribution is -2.28. The number of hydrogen-bond acceptors (Lipinski definition) is 6. The van der Waals surface area contributed by atoms with E-state index in [-0.39, 0.29) is 5.97 Å². The average molecular weight is 329 g/mol. The summed E-state index contributed by atoms with van der Waals surface area (Å²) in [4.78, 5) is 14.1. The van der Waals surface area contributed by atoms with Gasteiger partial charge in [-0.05, 0) is 50.7 Å². The Kier molecular flexibility index (Phi) is 5.55. The average Bonchev–Trinajstić information content (AvgIpc) is 2.90. The number of ether oxygens (including phenoxy) is 1. The Labute approximate surface area is 141 Å². The minimum atomic E-state index is -0.306. The van der Waals surface area contributed by atoms with E-state index in [2.05, 4.69) is 20.5 Å². The number of rotatable bonds is 5. The van der Waals surface area contributed by atoms with Gasteiger partial charge in [0.2, 0.25) is 0 Å². The molecule has 0 amide bonds. The van der Waals surface area contributed by atoms with Gasteiger partial charge < -0.3 is 10.1 Å². The third-order valence-corrected chi connectivity index (χ3v) is 4.06. The summed E-state index contributed by atoms with van der Waals surface area (Å²) in [6.45, 7) is 7.16. The predicted molar refractivity (Wildman–Crippen MR) is 90.1 cm³/mol. The van der Waals surface area contributed by atoms with Crippen LogP contribution >= 0.6 is 0 Å². The fourth-order valence-corrected chi connectivity index (χ4v) is 2.82. The molecule has 1 fully saturated rings. The van der Waals surface area contributed by atoms with Crippen molar-refractivity contribution in [1.29, 1.82) is 0 Å². The Morgan fingerprint density at radius 2 is 2.08 bits per heavy atom. The van der Waals surface area contributed by atoms with Gasteiger partial charge in [-0.1, -0.05) is 5.21 Å². The van der Waals surface area contributed by atoms with Gasteiger partial charge in [-0.15, -0.1) is 5.10 Å². The summed E-state index contributed by atoms with van der Waals surface area (Å²) in [5.41, 5.74) is 2.48. The largest absolute Gasteiger partial charge is 0.462 e. The van der Waals surface area contributed by atoms with Crippen molar-refractivity contribution in [1.82, 2.24) is 25.2 Å². The van der Waals surface area contributed by atoms with Gasteiger partial charge >= 0.3 is 5.97 Å². The van der Waals surface area contributed by atoms with Gasteiger partial charge in [0.25, 0.3) is 0 Å². The number of benzene rings is 1. The van der Waals surface area contributed by atoms with Gasteiger partial charge in [-0.3, -0.25) is 4.90 Å². The van der Waals surface area contributed by atoms with Gasteiger partial charge in [0, 0.05) is 19.6 Å². The summed E-state index contributed by atoms with van der Waals surface area (Å²) in [7, 11) is 0. The van der Waals surface area contributed by atoms with E-state index >= 15 is 0 Å². The second-order valence-corrected chi connectivity index (χ2v) is 5.78. The van der Waals surface area contributed by atoms with Crippen LogP contribution in [0.15, 0.2) is 30.5 Å². The topological polar surface area (TPSA) is 72.3 Å². The molecule has 128 valence electrons. The monoisotopic (exact) mass is 329 g/mol. The molecule has 1 aromatic heterocycles. The number of hydrogen-bond donors (Lipinski definition) is 1. The molecule has 3 rings (SSSR count). The van der Waals surface area contributed by atoms with Crippen LogP contribution in [-0.4, -0.2) is 58.6 Å². The lowest BCUT2D eigenvalue weighted by Gasteiger charge is -2.19. The normalized spacial score (nSPS) is 15.9. The molecule has 1 N–H and O–H groups in total. The maximum absolute atomic E-state index is 11.7. The fourth-order valence-electron chi connectivity index (χ4n) is 2.82. The lowest BCUT2D eigenvalue weighted by molar-refractivity contribution is 0.0526. The molecular weight excluding hydrogens is 306 g/mol. The van der Waals surface area contributed by atoms with Crippen LogP contribution in [0, 0.1) is 0 Å². The second kappa shape index (κ2) is 8.03. The van der Waals surface area contributed by atoms with Crippen molar-refractivity contribution in [2.45, 2.75) is 19.9 Å². The fraction of sp³-hybridized carbons (Fsp3) is 0.471. The molecule has 7 nitrogen and oxygen atoms in total. The second-order valence-electron chi connectivity index (χ2n) is 5.78. The molecule has 0 spiro atoms. The van der Waals surface area contributed by atoms with Crippen molar-refractivity contribution in [2.24, 2.45) is 0 Å². The Bertz CT molecular complexity index is 660. The molecule has 24 heavy (non-hydrogen) atoms. The van der Waals surface area contributed by atoms with Crippen molar-refractivity contribution in [3.8, 4) is 5.69 Å². The molecule has 0 atom stereocenters. The summed E-state index contributed by atoms with van der Waals surface area (Å²) in [5.74, 6) is -0.306. The molecule has 1 aromatic carbocycles. The maximum atomic E-state index is 11.7. The van der Waals surface area contributed by atoms with Crippen molar-refractivity contribution in [2.75, 3.05) is 32.8 Å². The standard InChI is InChI=1S/C17H23N5O2/c1-2-24-17(23)14-4-6-15(7-5-14)22-16(12-19-20-22)13-21-10-3-8-18-9-11-21/h4-7,12,18H,2-3,8-11,13H2,1H3. The van der Waals surface area contributed by atoms with E-state index in [4.69, 9.17) is 4.74 Å². The minimum absolute atomic E-state index is 0.306. The molecule has 0 saturated carbocycles. The van der Waals surface area contributed by atoms with Crippen LogP contribution in [0.5, 0.6) is 0 Å². The van der Waals surface area contributed by atoms with Crippen molar-refractivity contribution in [3.63, 3.8) is 0 Å². The zero-order chi connectivity index (χ0) is 16.8. The van der Waals surface area contributed by atoms with Crippen LogP contribution in [0.2, 0.25) is 0 Å². The molecule has 1 saturated heterocycles. The van der Waals surface area contributed by atoms with Crippen molar-refractivity contribution in [3.05, 3.63) is 41.7 Å². The Morgan fingerprint density at radius 3 is 2.88 bits per heavy atom. The van der Waals surface area contributed by atoms with Crippen LogP contribution in [0.1, 0.15) is 29.4 Å². The van der Waals surface area contributed by atoms with Gasteiger partial charge in [0.15, 0.2) is 0 Å². The highest BCUT2D eigenvalue weighted by atomic mass is 16.5. The molecule has 0 radical (unpaired) electrons. The third-order valence-electron chi connectivity index (χ3n) is 4.06. The van der Waals surface area contributed by atoms with E-state index in [9.17, 15) is 4.79 Å². The maximum Gasteiger partial charge on any atom is 0.338 e. The predicted octanol–water partition coefficient (Wildman–Crippen LogP) is 1.24. The van der Waals surface area contributed by atoms with Gasteiger partial charge in [-0.25, -0.2) is 9.48 Å². The highest BCUT2D eigenvalue weighted by Gasteiger charge is 2.14. The summed E-state index contributed by atoms with van der Waals surface area (Å²) in [6, 6.07) is 7.26. The highest BCUT2D eigenvalue weighted by molar-refractivity contribution is 5.89. The van der Waals surface area contributed by atoms with Crippen LogP contribution in [-0.2, 0) is 11.3 Å². The Hall–Kier alpha value is -2.25. The molecule has 0 bridgehead atoms. The molecule has 1 aliphatic heterocycles. The summed E-state index contributed by atoms with van der Waals surface area (Å²) in [5, 5.41) is 11.7. The number of nitrogens with one attached hydrogen (secondary N) is 1. The van der Waals surface area contributed by atoms with Gasteiger partial charge in [0.05, 0.1) is 29.7 Å². The van der Waals surface area contributed by atoms with Crippen LogP contribution in [0.3, 0.4) is 0 Å². The van der Waals surface area contributed by atoms with E-state index in [1.165, 1.54) is 0 Å². The molecule has 2 heterocycles. The molecule has 0 aliphatic carbocycles. The number of carbonyl (C=O) groups is 1. The first-order valence-electron chi connectivity index (χ1n) is 8.38. The SMILES string of the molecule is CCOC(=O)c1ccc(-n2nncc2CN2CCCNCC2)cc1. The van der Waals surface area contributed by atoms with Gasteiger partial charge in [-0.2, -0.15) is 0 Å². The summed E-state index contributed by atoms with van der Waals surface area (Å²) in [6.07, 6.45) is 2.95.